The van der Waals surface area contributed by atoms with E-state index in [1.165, 1.54) is 0 Å². The Morgan fingerprint density at radius 3 is 2.73 bits per heavy atom. The highest BCUT2D eigenvalue weighted by Gasteiger charge is 2.33. The quantitative estimate of drug-likeness (QED) is 0.876. The highest BCUT2D eigenvalue weighted by molar-refractivity contribution is 5.78. The molecule has 0 radical (unpaired) electrons. The lowest BCUT2D eigenvalue weighted by Crippen LogP contribution is -2.41. The van der Waals surface area contributed by atoms with Crippen LogP contribution in [-0.4, -0.2) is 53.0 Å². The molecule has 4 heteroatoms. The Balaban J connectivity index is 1.55. The van der Waals surface area contributed by atoms with Crippen LogP contribution in [0, 0.1) is 0 Å². The van der Waals surface area contributed by atoms with E-state index < -0.39 is 6.10 Å². The number of carbonyl (C=O) groups is 1. The van der Waals surface area contributed by atoms with E-state index in [1.54, 1.807) is 0 Å². The molecule has 1 aliphatic carbocycles. The molecular weight excluding hydrogens is 276 g/mol. The summed E-state index contributed by atoms with van der Waals surface area (Å²) in [6.45, 7) is 1.47. The molecule has 2 atom stereocenters. The summed E-state index contributed by atoms with van der Waals surface area (Å²) >= 11 is 0. The number of amides is 1. The maximum atomic E-state index is 12.3. The minimum absolute atomic E-state index is 0.226. The highest BCUT2D eigenvalue weighted by Crippen LogP contribution is 2.29. The van der Waals surface area contributed by atoms with Gasteiger partial charge in [-0.25, -0.2) is 0 Å². The van der Waals surface area contributed by atoms with Gasteiger partial charge in [-0.3, -0.25) is 9.69 Å². The molecule has 2 fully saturated rings. The predicted octanol–water partition coefficient (Wildman–Crippen LogP) is 2.20. The fraction of sp³-hybridized carbons (Fsp3) is 0.611. The van der Waals surface area contributed by atoms with E-state index in [9.17, 15) is 9.90 Å². The second kappa shape index (κ2) is 6.80. The minimum atomic E-state index is -0.442. The zero-order chi connectivity index (χ0) is 15.5. The molecule has 2 aliphatic rings. The van der Waals surface area contributed by atoms with Gasteiger partial charge in [0.1, 0.15) is 0 Å². The average molecular weight is 302 g/mol. The Kier molecular flexibility index (Phi) is 4.79. The molecule has 1 saturated carbocycles. The number of rotatable bonds is 6. The topological polar surface area (TPSA) is 43.8 Å². The number of nitrogens with zero attached hydrogens (tertiary/aromatic N) is 2. The number of benzene rings is 1. The Morgan fingerprint density at radius 1 is 1.32 bits per heavy atom. The van der Waals surface area contributed by atoms with Gasteiger partial charge in [0.05, 0.1) is 12.6 Å². The Bertz CT molecular complexity index is 501. The molecule has 1 aromatic rings. The molecule has 0 spiro atoms. The van der Waals surface area contributed by atoms with E-state index in [2.05, 4.69) is 4.90 Å². The second-order valence-corrected chi connectivity index (χ2v) is 6.66. The van der Waals surface area contributed by atoms with Crippen molar-refractivity contribution in [1.29, 1.82) is 0 Å². The van der Waals surface area contributed by atoms with Crippen molar-refractivity contribution in [1.82, 2.24) is 9.80 Å². The number of hydrogen-bond acceptors (Lipinski definition) is 3. The first-order valence-electron chi connectivity index (χ1n) is 8.38. The summed E-state index contributed by atoms with van der Waals surface area (Å²) in [5.41, 5.74) is 0.968. The normalized spacial score (nSPS) is 23.5. The van der Waals surface area contributed by atoms with Crippen LogP contribution in [0.15, 0.2) is 30.3 Å². The second-order valence-electron chi connectivity index (χ2n) is 6.66. The van der Waals surface area contributed by atoms with E-state index in [-0.39, 0.29) is 5.91 Å². The summed E-state index contributed by atoms with van der Waals surface area (Å²) in [6.07, 6.45) is 4.76. The first-order chi connectivity index (χ1) is 10.6. The van der Waals surface area contributed by atoms with Crippen LogP contribution in [0.3, 0.4) is 0 Å². The largest absolute Gasteiger partial charge is 0.388 e. The minimum Gasteiger partial charge on any atom is -0.388 e. The van der Waals surface area contributed by atoms with Crippen molar-refractivity contribution < 1.29 is 9.90 Å². The number of hydrogen-bond donors (Lipinski definition) is 1. The molecule has 3 rings (SSSR count). The molecule has 0 unspecified atom stereocenters. The van der Waals surface area contributed by atoms with Crippen molar-refractivity contribution >= 4 is 5.91 Å². The number of aliphatic hydroxyl groups excluding tert-OH is 1. The number of likely N-dealkylation sites (tertiary alicyclic amines) is 1. The molecule has 0 bridgehead atoms. The van der Waals surface area contributed by atoms with Crippen molar-refractivity contribution in [2.24, 2.45) is 0 Å². The monoisotopic (exact) mass is 302 g/mol. The lowest BCUT2D eigenvalue weighted by atomic mass is 10.0. The molecule has 1 amide bonds. The van der Waals surface area contributed by atoms with Crippen LogP contribution in [-0.2, 0) is 4.79 Å². The van der Waals surface area contributed by atoms with Gasteiger partial charge in [0, 0.05) is 19.1 Å². The van der Waals surface area contributed by atoms with E-state index in [0.717, 1.165) is 37.8 Å². The van der Waals surface area contributed by atoms with Gasteiger partial charge in [-0.2, -0.15) is 0 Å². The third kappa shape index (κ3) is 3.68. The van der Waals surface area contributed by atoms with Gasteiger partial charge in [0.25, 0.3) is 0 Å². The van der Waals surface area contributed by atoms with Gasteiger partial charge in [0.15, 0.2) is 0 Å². The van der Waals surface area contributed by atoms with E-state index >= 15 is 0 Å². The highest BCUT2D eigenvalue weighted by atomic mass is 16.3. The summed E-state index contributed by atoms with van der Waals surface area (Å²) in [5.74, 6) is 0.226. The van der Waals surface area contributed by atoms with Gasteiger partial charge in [-0.1, -0.05) is 30.3 Å². The predicted molar refractivity (Wildman–Crippen MR) is 86.4 cm³/mol. The third-order valence-corrected chi connectivity index (χ3v) is 5.01. The number of carbonyl (C=O) groups excluding carboxylic acids is 1. The van der Waals surface area contributed by atoms with Gasteiger partial charge < -0.3 is 10.0 Å². The first-order valence-corrected chi connectivity index (χ1v) is 8.38. The fourth-order valence-corrected chi connectivity index (χ4v) is 3.39. The molecular formula is C18H26N2O2. The Labute approximate surface area is 132 Å². The SMILES string of the molecule is CN(C(=O)CN1CCC[C@@H]1C[C@@H](O)c1ccccc1)C1CC1. The molecule has 22 heavy (non-hydrogen) atoms. The Morgan fingerprint density at radius 2 is 2.05 bits per heavy atom. The standard InChI is InChI=1S/C18H26N2O2/c1-19(15-9-10-15)18(22)13-20-11-5-8-16(20)12-17(21)14-6-3-2-4-7-14/h2-4,6-7,15-17,21H,5,8-13H2,1H3/t16-,17-/m1/s1. The zero-order valence-corrected chi connectivity index (χ0v) is 13.3. The van der Waals surface area contributed by atoms with Crippen LogP contribution in [0.5, 0.6) is 0 Å². The smallest absolute Gasteiger partial charge is 0.236 e. The zero-order valence-electron chi connectivity index (χ0n) is 13.3. The van der Waals surface area contributed by atoms with Crippen LogP contribution < -0.4 is 0 Å². The number of aliphatic hydroxyl groups is 1. The van der Waals surface area contributed by atoms with Crippen molar-refractivity contribution in [2.45, 2.75) is 50.3 Å². The maximum absolute atomic E-state index is 12.3. The van der Waals surface area contributed by atoms with Gasteiger partial charge >= 0.3 is 0 Å². The van der Waals surface area contributed by atoms with Crippen molar-refractivity contribution in [3.8, 4) is 0 Å². The van der Waals surface area contributed by atoms with Gasteiger partial charge in [-0.05, 0) is 44.2 Å². The molecule has 1 heterocycles. The molecule has 120 valence electrons. The van der Waals surface area contributed by atoms with Crippen LogP contribution >= 0.6 is 0 Å². The van der Waals surface area contributed by atoms with E-state index in [0.29, 0.717) is 25.0 Å². The molecule has 4 nitrogen and oxygen atoms in total. The van der Waals surface area contributed by atoms with Crippen LogP contribution in [0.25, 0.3) is 0 Å². The van der Waals surface area contributed by atoms with Crippen LogP contribution in [0.1, 0.15) is 43.8 Å². The lowest BCUT2D eigenvalue weighted by molar-refractivity contribution is -0.132. The van der Waals surface area contributed by atoms with Gasteiger partial charge in [-0.15, -0.1) is 0 Å². The van der Waals surface area contributed by atoms with E-state index in [1.807, 2.05) is 42.3 Å². The summed E-state index contributed by atoms with van der Waals surface area (Å²) in [4.78, 5) is 16.5. The third-order valence-electron chi connectivity index (χ3n) is 5.01. The summed E-state index contributed by atoms with van der Waals surface area (Å²) in [7, 11) is 1.92. The van der Waals surface area contributed by atoms with Crippen molar-refractivity contribution in [3.05, 3.63) is 35.9 Å². The average Bonchev–Trinajstić information content (AvgIpc) is 3.30. The number of likely N-dealkylation sites (N-methyl/N-ethyl adjacent to an activating group) is 1. The lowest BCUT2D eigenvalue weighted by Gasteiger charge is -2.28. The molecule has 1 aromatic carbocycles. The summed E-state index contributed by atoms with van der Waals surface area (Å²) in [6, 6.07) is 10.6. The maximum Gasteiger partial charge on any atom is 0.236 e. The van der Waals surface area contributed by atoms with Crippen LogP contribution in [0.4, 0.5) is 0 Å². The van der Waals surface area contributed by atoms with Crippen molar-refractivity contribution in [3.63, 3.8) is 0 Å². The summed E-state index contributed by atoms with van der Waals surface area (Å²) < 4.78 is 0. The Hall–Kier alpha value is -1.39. The summed E-state index contributed by atoms with van der Waals surface area (Å²) in [5, 5.41) is 10.4. The van der Waals surface area contributed by atoms with Gasteiger partial charge in [0.2, 0.25) is 5.91 Å². The molecule has 1 aliphatic heterocycles. The first kappa shape index (κ1) is 15.5. The molecule has 1 saturated heterocycles. The molecule has 1 N–H and O–H groups in total. The van der Waals surface area contributed by atoms with Crippen LogP contribution in [0.2, 0.25) is 0 Å². The van der Waals surface area contributed by atoms with E-state index in [4.69, 9.17) is 0 Å². The molecule has 0 aromatic heterocycles. The van der Waals surface area contributed by atoms with Crippen molar-refractivity contribution in [2.75, 3.05) is 20.1 Å². The fourth-order valence-electron chi connectivity index (χ4n) is 3.39.